The predicted octanol–water partition coefficient (Wildman–Crippen LogP) is 2.20. The Labute approximate surface area is 126 Å². The van der Waals surface area contributed by atoms with E-state index in [4.69, 9.17) is 5.73 Å². The molecule has 1 atom stereocenters. The van der Waals surface area contributed by atoms with Crippen LogP contribution in [0.5, 0.6) is 0 Å². The summed E-state index contributed by atoms with van der Waals surface area (Å²) in [5, 5.41) is 3.57. The van der Waals surface area contributed by atoms with Gasteiger partial charge < -0.3 is 16.0 Å². The molecule has 1 heterocycles. The van der Waals surface area contributed by atoms with Gasteiger partial charge in [-0.2, -0.15) is 0 Å². The number of nitrogens with two attached hydrogens (primary N) is 1. The number of benzene rings is 1. The van der Waals surface area contributed by atoms with Crippen LogP contribution in [-0.4, -0.2) is 35.5 Å². The van der Waals surface area contributed by atoms with Gasteiger partial charge in [0.1, 0.15) is 0 Å². The van der Waals surface area contributed by atoms with Crippen LogP contribution >= 0.6 is 0 Å². The number of amides is 1. The van der Waals surface area contributed by atoms with E-state index in [-0.39, 0.29) is 5.91 Å². The minimum atomic E-state index is -0.539. The molecule has 2 fully saturated rings. The zero-order valence-electron chi connectivity index (χ0n) is 13.0. The molecule has 3 N–H and O–H groups in total. The molecule has 4 nitrogen and oxygen atoms in total. The van der Waals surface area contributed by atoms with E-state index in [1.807, 2.05) is 4.90 Å². The fraction of sp³-hybridized carbons (Fsp3) is 0.588. The lowest BCUT2D eigenvalue weighted by Gasteiger charge is -2.35. The monoisotopic (exact) mass is 287 g/mol. The molecule has 1 saturated heterocycles. The van der Waals surface area contributed by atoms with Gasteiger partial charge in [0, 0.05) is 24.8 Å². The third-order valence-corrected chi connectivity index (χ3v) is 4.80. The number of carbonyl (C=O) groups is 1. The summed E-state index contributed by atoms with van der Waals surface area (Å²) in [5.41, 5.74) is 9.25. The van der Waals surface area contributed by atoms with Crippen molar-refractivity contribution < 1.29 is 4.79 Å². The smallest absolute Gasteiger partial charge is 0.242 e. The maximum Gasteiger partial charge on any atom is 0.242 e. The number of anilines is 1. The molecule has 4 heteroatoms. The van der Waals surface area contributed by atoms with Crippen molar-refractivity contribution in [3.8, 4) is 0 Å². The standard InChI is InChI=1S/C17H25N3O/c1-12-5-6-14(10-13(12)2)19-15-4-3-9-20(11-15)16(21)17(18)7-8-17/h5-6,10,15,19H,3-4,7-9,11,18H2,1-2H3. The van der Waals surface area contributed by atoms with Crippen LogP contribution < -0.4 is 11.1 Å². The third-order valence-electron chi connectivity index (χ3n) is 4.80. The number of nitrogens with one attached hydrogen (secondary N) is 1. The average Bonchev–Trinajstić information content (AvgIpc) is 3.22. The summed E-state index contributed by atoms with van der Waals surface area (Å²) in [4.78, 5) is 14.3. The van der Waals surface area contributed by atoms with Crippen molar-refractivity contribution in [3.63, 3.8) is 0 Å². The third kappa shape index (κ3) is 3.05. The number of nitrogens with zero attached hydrogens (tertiary/aromatic N) is 1. The van der Waals surface area contributed by atoms with Gasteiger partial charge in [-0.25, -0.2) is 0 Å². The molecule has 0 radical (unpaired) electrons. The van der Waals surface area contributed by atoms with Crippen molar-refractivity contribution in [3.05, 3.63) is 29.3 Å². The second kappa shape index (κ2) is 5.34. The van der Waals surface area contributed by atoms with Crippen LogP contribution in [0.1, 0.15) is 36.8 Å². The molecule has 1 aromatic carbocycles. The van der Waals surface area contributed by atoms with Crippen molar-refractivity contribution in [2.24, 2.45) is 5.73 Å². The number of carbonyl (C=O) groups excluding carboxylic acids is 1. The largest absolute Gasteiger partial charge is 0.381 e. The molecule has 1 aromatic rings. The van der Waals surface area contributed by atoms with Crippen molar-refractivity contribution >= 4 is 11.6 Å². The highest BCUT2D eigenvalue weighted by Gasteiger charge is 2.48. The van der Waals surface area contributed by atoms with Gasteiger partial charge in [0.05, 0.1) is 5.54 Å². The molecule has 0 spiro atoms. The normalized spacial score (nSPS) is 23.8. The zero-order valence-corrected chi connectivity index (χ0v) is 13.0. The molecule has 1 aliphatic heterocycles. The number of likely N-dealkylation sites (tertiary alicyclic amines) is 1. The van der Waals surface area contributed by atoms with Gasteiger partial charge in [0.2, 0.25) is 5.91 Å². The second-order valence-corrected chi connectivity index (χ2v) is 6.69. The van der Waals surface area contributed by atoms with Gasteiger partial charge >= 0.3 is 0 Å². The molecule has 3 rings (SSSR count). The number of rotatable bonds is 3. The summed E-state index contributed by atoms with van der Waals surface area (Å²) in [6.07, 6.45) is 3.84. The lowest BCUT2D eigenvalue weighted by molar-refractivity contribution is -0.134. The molecular formula is C17H25N3O. The quantitative estimate of drug-likeness (QED) is 0.896. The van der Waals surface area contributed by atoms with Gasteiger partial charge in [-0.15, -0.1) is 0 Å². The first kappa shape index (κ1) is 14.4. The van der Waals surface area contributed by atoms with Crippen LogP contribution in [0.25, 0.3) is 0 Å². The molecule has 2 aliphatic rings. The summed E-state index contributed by atoms with van der Waals surface area (Å²) in [6.45, 7) is 5.87. The molecular weight excluding hydrogens is 262 g/mol. The van der Waals surface area contributed by atoms with Crippen molar-refractivity contribution in [2.75, 3.05) is 18.4 Å². The highest BCUT2D eigenvalue weighted by molar-refractivity contribution is 5.89. The summed E-state index contributed by atoms with van der Waals surface area (Å²) >= 11 is 0. The molecule has 1 amide bonds. The van der Waals surface area contributed by atoms with Crippen molar-refractivity contribution in [1.82, 2.24) is 4.90 Å². The van der Waals surface area contributed by atoms with E-state index in [1.54, 1.807) is 0 Å². The van der Waals surface area contributed by atoms with Crippen LogP contribution in [-0.2, 0) is 4.79 Å². The topological polar surface area (TPSA) is 58.4 Å². The summed E-state index contributed by atoms with van der Waals surface area (Å²) in [5.74, 6) is 0.147. The Kier molecular flexibility index (Phi) is 3.66. The number of aryl methyl sites for hydroxylation is 2. The Bertz CT molecular complexity index is 551. The van der Waals surface area contributed by atoms with E-state index >= 15 is 0 Å². The summed E-state index contributed by atoms with van der Waals surface area (Å²) in [6, 6.07) is 6.77. The van der Waals surface area contributed by atoms with E-state index in [1.165, 1.54) is 11.1 Å². The predicted molar refractivity (Wildman–Crippen MR) is 85.3 cm³/mol. The maximum absolute atomic E-state index is 12.4. The summed E-state index contributed by atoms with van der Waals surface area (Å²) in [7, 11) is 0. The van der Waals surface area contributed by atoms with Gasteiger partial charge in [0.25, 0.3) is 0 Å². The highest BCUT2D eigenvalue weighted by Crippen LogP contribution is 2.35. The highest BCUT2D eigenvalue weighted by atomic mass is 16.2. The van der Waals surface area contributed by atoms with E-state index in [0.29, 0.717) is 6.04 Å². The van der Waals surface area contributed by atoms with Crippen LogP contribution in [0.15, 0.2) is 18.2 Å². The minimum Gasteiger partial charge on any atom is -0.381 e. The van der Waals surface area contributed by atoms with Crippen LogP contribution in [0.2, 0.25) is 0 Å². The molecule has 1 aliphatic carbocycles. The van der Waals surface area contributed by atoms with E-state index in [0.717, 1.165) is 44.5 Å². The molecule has 0 bridgehead atoms. The molecule has 114 valence electrons. The first-order chi connectivity index (χ1) is 9.98. The van der Waals surface area contributed by atoms with Gasteiger partial charge in [-0.05, 0) is 62.8 Å². The average molecular weight is 287 g/mol. The minimum absolute atomic E-state index is 0.147. The zero-order chi connectivity index (χ0) is 15.0. The fourth-order valence-electron chi connectivity index (χ4n) is 3.01. The van der Waals surface area contributed by atoms with Crippen molar-refractivity contribution in [1.29, 1.82) is 0 Å². The Morgan fingerprint density at radius 3 is 2.76 bits per heavy atom. The SMILES string of the molecule is Cc1ccc(NC2CCCN(C(=O)C3(N)CC3)C2)cc1C. The first-order valence-corrected chi connectivity index (χ1v) is 7.90. The maximum atomic E-state index is 12.4. The number of piperidine rings is 1. The molecule has 21 heavy (non-hydrogen) atoms. The Hall–Kier alpha value is -1.55. The van der Waals surface area contributed by atoms with E-state index < -0.39 is 5.54 Å². The van der Waals surface area contributed by atoms with Gasteiger partial charge in [0.15, 0.2) is 0 Å². The summed E-state index contributed by atoms with van der Waals surface area (Å²) < 4.78 is 0. The number of hydrogen-bond donors (Lipinski definition) is 2. The Morgan fingerprint density at radius 2 is 2.10 bits per heavy atom. The molecule has 0 aromatic heterocycles. The lowest BCUT2D eigenvalue weighted by Crippen LogP contribution is -2.52. The van der Waals surface area contributed by atoms with Crippen molar-refractivity contribution in [2.45, 2.75) is 51.1 Å². The fourth-order valence-corrected chi connectivity index (χ4v) is 3.01. The molecule has 1 unspecified atom stereocenters. The Balaban J connectivity index is 1.63. The molecule has 1 saturated carbocycles. The van der Waals surface area contributed by atoms with Crippen LogP contribution in [0, 0.1) is 13.8 Å². The second-order valence-electron chi connectivity index (χ2n) is 6.69. The van der Waals surface area contributed by atoms with Gasteiger partial charge in [-0.3, -0.25) is 4.79 Å². The van der Waals surface area contributed by atoms with E-state index in [2.05, 4.69) is 37.4 Å². The number of hydrogen-bond acceptors (Lipinski definition) is 3. The van der Waals surface area contributed by atoms with Gasteiger partial charge in [-0.1, -0.05) is 6.07 Å². The Morgan fingerprint density at radius 1 is 1.33 bits per heavy atom. The lowest BCUT2D eigenvalue weighted by atomic mass is 10.0. The van der Waals surface area contributed by atoms with Crippen LogP contribution in [0.4, 0.5) is 5.69 Å². The van der Waals surface area contributed by atoms with Crippen LogP contribution in [0.3, 0.4) is 0 Å². The first-order valence-electron chi connectivity index (χ1n) is 7.90. The van der Waals surface area contributed by atoms with E-state index in [9.17, 15) is 4.79 Å².